The molecule has 2 aromatic carbocycles. The van der Waals surface area contributed by atoms with E-state index >= 15 is 0 Å². The third-order valence-electron chi connectivity index (χ3n) is 5.38. The molecule has 0 radical (unpaired) electrons. The lowest BCUT2D eigenvalue weighted by Crippen LogP contribution is -2.44. The van der Waals surface area contributed by atoms with Gasteiger partial charge in [0.05, 0.1) is 21.2 Å². The molecule has 1 amide bonds. The molecule has 0 aliphatic heterocycles. The van der Waals surface area contributed by atoms with E-state index in [1.165, 1.54) is 24.3 Å². The largest absolute Gasteiger partial charge is 0.416 e. The van der Waals surface area contributed by atoms with Crippen molar-refractivity contribution in [3.05, 3.63) is 59.1 Å². The molecule has 32 heavy (non-hydrogen) atoms. The summed E-state index contributed by atoms with van der Waals surface area (Å²) < 4.78 is 67.2. The normalized spacial score (nSPS) is 15.8. The van der Waals surface area contributed by atoms with Gasteiger partial charge in [0.1, 0.15) is 6.54 Å². The SMILES string of the molecule is O=C(CN(c1cc(C(F)(F)F)ccc1Cl)S(=O)(=O)c1ccccc1)NC1CCCCCC1. The van der Waals surface area contributed by atoms with Gasteiger partial charge in [0, 0.05) is 6.04 Å². The lowest BCUT2D eigenvalue weighted by atomic mass is 10.1. The summed E-state index contributed by atoms with van der Waals surface area (Å²) in [5, 5.41) is 2.63. The number of sulfonamides is 1. The van der Waals surface area contributed by atoms with E-state index in [-0.39, 0.29) is 16.0 Å². The molecule has 1 N–H and O–H groups in total. The van der Waals surface area contributed by atoms with Gasteiger partial charge in [0.25, 0.3) is 10.0 Å². The maximum atomic E-state index is 13.3. The van der Waals surface area contributed by atoms with Crippen molar-refractivity contribution >= 4 is 33.2 Å². The summed E-state index contributed by atoms with van der Waals surface area (Å²) in [6, 6.07) is 9.53. The maximum Gasteiger partial charge on any atom is 0.416 e. The van der Waals surface area contributed by atoms with Gasteiger partial charge in [-0.15, -0.1) is 0 Å². The fourth-order valence-corrected chi connectivity index (χ4v) is 5.45. The average Bonchev–Trinajstić information content (AvgIpc) is 3.01. The van der Waals surface area contributed by atoms with E-state index in [4.69, 9.17) is 11.6 Å². The minimum absolute atomic E-state index is 0.0942. The highest BCUT2D eigenvalue weighted by molar-refractivity contribution is 7.92. The molecular weight excluding hydrogens is 465 g/mol. The molecule has 5 nitrogen and oxygen atoms in total. The minimum Gasteiger partial charge on any atom is -0.352 e. The Bertz CT molecular complexity index is 1040. The number of nitrogens with one attached hydrogen (secondary N) is 1. The number of nitrogens with zero attached hydrogens (tertiary/aromatic N) is 1. The van der Waals surface area contributed by atoms with Gasteiger partial charge < -0.3 is 5.32 Å². The molecule has 2 aromatic rings. The van der Waals surface area contributed by atoms with Gasteiger partial charge in [-0.05, 0) is 43.2 Å². The van der Waals surface area contributed by atoms with Crippen molar-refractivity contribution in [2.45, 2.75) is 55.6 Å². The van der Waals surface area contributed by atoms with Crippen molar-refractivity contribution in [3.8, 4) is 0 Å². The number of anilines is 1. The molecule has 1 saturated carbocycles. The summed E-state index contributed by atoms with van der Waals surface area (Å²) in [5.74, 6) is -0.593. The summed E-state index contributed by atoms with van der Waals surface area (Å²) in [6.07, 6.45) is 0.904. The quantitative estimate of drug-likeness (QED) is 0.554. The van der Waals surface area contributed by atoms with Gasteiger partial charge in [0.2, 0.25) is 5.91 Å². The number of carbonyl (C=O) groups excluding carboxylic acids is 1. The van der Waals surface area contributed by atoms with Crippen LogP contribution in [0.4, 0.5) is 18.9 Å². The van der Waals surface area contributed by atoms with Gasteiger partial charge in [-0.3, -0.25) is 9.10 Å². The maximum absolute atomic E-state index is 13.3. The highest BCUT2D eigenvalue weighted by Gasteiger charge is 2.34. The lowest BCUT2D eigenvalue weighted by Gasteiger charge is -2.27. The van der Waals surface area contributed by atoms with Gasteiger partial charge in [-0.25, -0.2) is 8.42 Å². The van der Waals surface area contributed by atoms with E-state index in [0.717, 1.165) is 50.7 Å². The summed E-state index contributed by atoms with van der Waals surface area (Å²) in [6.45, 7) is -0.686. The van der Waals surface area contributed by atoms with Gasteiger partial charge in [-0.1, -0.05) is 55.5 Å². The van der Waals surface area contributed by atoms with E-state index in [2.05, 4.69) is 5.32 Å². The van der Waals surface area contributed by atoms with E-state index in [1.807, 2.05) is 0 Å². The van der Waals surface area contributed by atoms with Crippen molar-refractivity contribution in [1.82, 2.24) is 5.32 Å². The van der Waals surface area contributed by atoms with Crippen molar-refractivity contribution in [2.75, 3.05) is 10.8 Å². The molecule has 0 heterocycles. The topological polar surface area (TPSA) is 66.5 Å². The van der Waals surface area contributed by atoms with Crippen LogP contribution < -0.4 is 9.62 Å². The molecule has 174 valence electrons. The van der Waals surface area contributed by atoms with Crippen LogP contribution in [0.25, 0.3) is 0 Å². The fraction of sp³-hybridized carbons (Fsp3) is 0.409. The molecule has 0 atom stereocenters. The second-order valence-corrected chi connectivity index (χ2v) is 10.0. The molecule has 0 saturated heterocycles. The first-order chi connectivity index (χ1) is 15.1. The Morgan fingerprint density at radius 2 is 1.66 bits per heavy atom. The summed E-state index contributed by atoms with van der Waals surface area (Å²) in [4.78, 5) is 12.6. The van der Waals surface area contributed by atoms with Gasteiger partial charge in [0.15, 0.2) is 0 Å². The number of rotatable bonds is 6. The first kappa shape index (κ1) is 24.4. The van der Waals surface area contributed by atoms with Crippen LogP contribution in [-0.2, 0) is 21.0 Å². The smallest absolute Gasteiger partial charge is 0.352 e. The van der Waals surface area contributed by atoms with Crippen molar-refractivity contribution < 1.29 is 26.4 Å². The van der Waals surface area contributed by atoms with Crippen LogP contribution in [0.15, 0.2) is 53.4 Å². The molecule has 0 unspecified atom stereocenters. The van der Waals surface area contributed by atoms with Gasteiger partial charge in [-0.2, -0.15) is 13.2 Å². The van der Waals surface area contributed by atoms with Crippen molar-refractivity contribution in [3.63, 3.8) is 0 Å². The van der Waals surface area contributed by atoms with Crippen LogP contribution in [0.5, 0.6) is 0 Å². The lowest BCUT2D eigenvalue weighted by molar-refractivity contribution is -0.137. The number of carbonyl (C=O) groups is 1. The Kier molecular flexibility index (Phi) is 7.71. The van der Waals surface area contributed by atoms with Crippen LogP contribution in [-0.4, -0.2) is 26.9 Å². The summed E-state index contributed by atoms with van der Waals surface area (Å²) >= 11 is 6.13. The van der Waals surface area contributed by atoms with E-state index < -0.39 is 39.9 Å². The first-order valence-electron chi connectivity index (χ1n) is 10.3. The molecule has 0 aromatic heterocycles. The molecular formula is C22H24ClF3N2O3S. The third-order valence-corrected chi connectivity index (χ3v) is 7.47. The van der Waals surface area contributed by atoms with E-state index in [0.29, 0.717) is 10.4 Å². The minimum atomic E-state index is -4.70. The Morgan fingerprint density at radius 3 is 2.25 bits per heavy atom. The monoisotopic (exact) mass is 488 g/mol. The van der Waals surface area contributed by atoms with E-state index in [9.17, 15) is 26.4 Å². The Hall–Kier alpha value is -2.26. The number of benzene rings is 2. The zero-order valence-corrected chi connectivity index (χ0v) is 18.8. The second-order valence-electron chi connectivity index (χ2n) is 7.74. The fourth-order valence-electron chi connectivity index (χ4n) is 3.73. The van der Waals surface area contributed by atoms with E-state index in [1.54, 1.807) is 6.07 Å². The Balaban J connectivity index is 1.98. The van der Waals surface area contributed by atoms with Crippen molar-refractivity contribution in [1.29, 1.82) is 0 Å². The van der Waals surface area contributed by atoms with Crippen LogP contribution in [0, 0.1) is 0 Å². The van der Waals surface area contributed by atoms with Crippen LogP contribution in [0.1, 0.15) is 44.1 Å². The molecule has 1 aliphatic carbocycles. The number of hydrogen-bond acceptors (Lipinski definition) is 3. The molecule has 0 spiro atoms. The highest BCUT2D eigenvalue weighted by Crippen LogP contribution is 2.37. The molecule has 1 aliphatic rings. The predicted molar refractivity (Wildman–Crippen MR) is 117 cm³/mol. The second kappa shape index (κ2) is 10.1. The van der Waals surface area contributed by atoms with Gasteiger partial charge >= 0.3 is 6.18 Å². The number of hydrogen-bond donors (Lipinski definition) is 1. The highest BCUT2D eigenvalue weighted by atomic mass is 35.5. The Labute approximate surface area is 190 Å². The molecule has 1 fully saturated rings. The van der Waals surface area contributed by atoms with Crippen LogP contribution in [0.2, 0.25) is 5.02 Å². The number of amides is 1. The summed E-state index contributed by atoms with van der Waals surface area (Å²) in [5.41, 5.74) is -1.46. The zero-order valence-electron chi connectivity index (χ0n) is 17.2. The third kappa shape index (κ3) is 5.95. The number of halogens is 4. The average molecular weight is 489 g/mol. The molecule has 3 rings (SSSR count). The summed E-state index contributed by atoms with van der Waals surface area (Å²) in [7, 11) is -4.36. The Morgan fingerprint density at radius 1 is 1.03 bits per heavy atom. The van der Waals surface area contributed by atoms with Crippen molar-refractivity contribution in [2.24, 2.45) is 0 Å². The number of alkyl halides is 3. The molecule has 0 bridgehead atoms. The van der Waals surface area contributed by atoms with Crippen LogP contribution in [0.3, 0.4) is 0 Å². The standard InChI is InChI=1S/C22H24ClF3N2O3S/c23-19-13-12-16(22(24,25)26)14-20(19)28(32(30,31)18-10-6-3-7-11-18)15-21(29)27-17-8-4-1-2-5-9-17/h3,6-7,10-14,17H,1-2,4-5,8-9,15H2,(H,27,29). The first-order valence-corrected chi connectivity index (χ1v) is 12.1. The molecule has 10 heteroatoms. The predicted octanol–water partition coefficient (Wildman–Crippen LogP) is 5.39. The zero-order chi connectivity index (χ0) is 23.4. The van der Waals surface area contributed by atoms with Crippen LogP contribution >= 0.6 is 11.6 Å².